The second-order valence-electron chi connectivity index (χ2n) is 0.793. The smallest absolute Gasteiger partial charge is 1.00 e. The molecular formula is C4H6NaO+. The molecule has 0 radical (unpaired) electrons. The molecule has 0 spiro atoms. The van der Waals surface area contributed by atoms with Gasteiger partial charge in [0.25, 0.3) is 0 Å². The van der Waals surface area contributed by atoms with E-state index in [1.54, 1.807) is 12.5 Å². The molecule has 0 saturated carbocycles. The maximum atomic E-state index is 4.58. The predicted octanol–water partition coefficient (Wildman–Crippen LogP) is -1.49. The molecule has 0 fully saturated rings. The van der Waals surface area contributed by atoms with Gasteiger partial charge in [-0.2, -0.15) is 0 Å². The third-order valence-electron chi connectivity index (χ3n) is 0.425. The summed E-state index contributed by atoms with van der Waals surface area (Å²) in [6.07, 6.45) is 3.25. The molecule has 0 saturated heterocycles. The summed E-state index contributed by atoms with van der Waals surface area (Å²) in [5, 5.41) is 0. The molecule has 0 bridgehead atoms. The number of hydrogen-bond acceptors (Lipinski definition) is 1. The molecular weight excluding hydrogens is 87.0 g/mol. The van der Waals surface area contributed by atoms with Gasteiger partial charge in [-0.1, -0.05) is 0 Å². The van der Waals surface area contributed by atoms with Crippen LogP contribution in [-0.4, -0.2) is 0 Å². The number of furan rings is 1. The zero-order valence-electron chi connectivity index (χ0n) is 5.72. The largest absolute Gasteiger partial charge is 1.00 e. The molecule has 1 rings (SSSR count). The van der Waals surface area contributed by atoms with Crippen LogP contribution in [0.15, 0.2) is 29.1 Å². The van der Waals surface area contributed by atoms with Gasteiger partial charge in [-0.05, 0) is 12.1 Å². The Balaban J connectivity index is -0.0000000833. The molecule has 0 aliphatic heterocycles. The van der Waals surface area contributed by atoms with Gasteiger partial charge in [-0.3, -0.25) is 0 Å². The molecule has 0 aromatic carbocycles. The van der Waals surface area contributed by atoms with Crippen LogP contribution in [0.5, 0.6) is 0 Å². The maximum Gasteiger partial charge on any atom is 1.00 e. The summed E-state index contributed by atoms with van der Waals surface area (Å²) in [7, 11) is 0. The van der Waals surface area contributed by atoms with Crippen LogP contribution in [0.2, 0.25) is 0 Å². The molecule has 6 heavy (non-hydrogen) atoms. The Morgan fingerprint density at radius 3 is 2.00 bits per heavy atom. The fraction of sp³-hybridized carbons (Fsp3) is 0. The van der Waals surface area contributed by atoms with Gasteiger partial charge in [0.05, 0.1) is 12.5 Å². The zero-order chi connectivity index (χ0) is 3.54. The summed E-state index contributed by atoms with van der Waals surface area (Å²) in [5.74, 6) is 0. The molecule has 0 unspecified atom stereocenters. The molecule has 0 aliphatic carbocycles. The first-order valence-electron chi connectivity index (χ1n) is 1.47. The SMILES string of the molecule is [H+].[H-].[Na+].c1ccoc1. The van der Waals surface area contributed by atoms with Gasteiger partial charge in [0.15, 0.2) is 0 Å². The van der Waals surface area contributed by atoms with Gasteiger partial charge in [0.2, 0.25) is 0 Å². The van der Waals surface area contributed by atoms with Crippen LogP contribution in [0.3, 0.4) is 0 Å². The second kappa shape index (κ2) is 3.47. The van der Waals surface area contributed by atoms with Crippen molar-refractivity contribution in [3.8, 4) is 0 Å². The zero-order valence-corrected chi connectivity index (χ0v) is 5.72. The van der Waals surface area contributed by atoms with Crippen molar-refractivity contribution in [1.82, 2.24) is 0 Å². The molecule has 28 valence electrons. The van der Waals surface area contributed by atoms with Crippen LogP contribution in [0.4, 0.5) is 0 Å². The molecule has 1 aromatic heterocycles. The van der Waals surface area contributed by atoms with Gasteiger partial charge in [-0.25, -0.2) is 0 Å². The summed E-state index contributed by atoms with van der Waals surface area (Å²) in [6.45, 7) is 0. The maximum absolute atomic E-state index is 4.58. The Morgan fingerprint density at radius 2 is 1.83 bits per heavy atom. The van der Waals surface area contributed by atoms with Gasteiger partial charge in [-0.15, -0.1) is 0 Å². The molecule has 1 aromatic rings. The van der Waals surface area contributed by atoms with Crippen molar-refractivity contribution in [1.29, 1.82) is 0 Å². The summed E-state index contributed by atoms with van der Waals surface area (Å²) in [4.78, 5) is 0. The van der Waals surface area contributed by atoms with E-state index in [-0.39, 0.29) is 32.4 Å². The average Bonchev–Trinajstić information content (AvgIpc) is 1.76. The van der Waals surface area contributed by atoms with E-state index in [9.17, 15) is 0 Å². The van der Waals surface area contributed by atoms with Gasteiger partial charge < -0.3 is 5.84 Å². The summed E-state index contributed by atoms with van der Waals surface area (Å²) in [6, 6.07) is 3.67. The summed E-state index contributed by atoms with van der Waals surface area (Å²) >= 11 is 0. The number of hydrogen-bond donors (Lipinski definition) is 0. The van der Waals surface area contributed by atoms with E-state index in [4.69, 9.17) is 0 Å². The van der Waals surface area contributed by atoms with E-state index < -0.39 is 0 Å². The van der Waals surface area contributed by atoms with Crippen LogP contribution >= 0.6 is 0 Å². The first-order valence-corrected chi connectivity index (χ1v) is 1.47. The van der Waals surface area contributed by atoms with Crippen LogP contribution in [0.1, 0.15) is 2.85 Å². The Bertz CT molecular complexity index is 70.5. The Labute approximate surface area is 61.6 Å². The molecule has 0 amide bonds. The van der Waals surface area contributed by atoms with Crippen LogP contribution < -0.4 is 29.6 Å². The van der Waals surface area contributed by atoms with Crippen molar-refractivity contribution >= 4 is 0 Å². The monoisotopic (exact) mass is 93.0 g/mol. The third-order valence-corrected chi connectivity index (χ3v) is 0.425. The molecule has 0 atom stereocenters. The van der Waals surface area contributed by atoms with Crippen molar-refractivity contribution in [2.45, 2.75) is 0 Å². The van der Waals surface area contributed by atoms with Crippen LogP contribution in [0.25, 0.3) is 0 Å². The first-order chi connectivity index (χ1) is 2.50. The summed E-state index contributed by atoms with van der Waals surface area (Å²) < 4.78 is 4.58. The van der Waals surface area contributed by atoms with Gasteiger partial charge >= 0.3 is 31.0 Å². The molecule has 2 heteroatoms. The first kappa shape index (κ1) is 6.28. The van der Waals surface area contributed by atoms with E-state index in [2.05, 4.69) is 4.42 Å². The standard InChI is InChI=1S/C4H4O.Na.H/c1-2-4-5-3-1;;/h1-4H;;/q;+1;-1/p+1. The Hall–Kier alpha value is 0.280. The Kier molecular flexibility index (Phi) is 3.63. The minimum Gasteiger partial charge on any atom is -1.00 e. The minimum atomic E-state index is 0. The Morgan fingerprint density at radius 1 is 1.33 bits per heavy atom. The number of rotatable bonds is 0. The van der Waals surface area contributed by atoms with Crippen molar-refractivity contribution in [3.05, 3.63) is 24.7 Å². The fourth-order valence-corrected chi connectivity index (χ4v) is 0.227. The van der Waals surface area contributed by atoms with Gasteiger partial charge in [0.1, 0.15) is 0 Å². The van der Waals surface area contributed by atoms with Crippen molar-refractivity contribution < 1.29 is 36.8 Å². The quantitative estimate of drug-likeness (QED) is 0.356. The summed E-state index contributed by atoms with van der Waals surface area (Å²) in [5.41, 5.74) is 0. The van der Waals surface area contributed by atoms with Crippen LogP contribution in [0, 0.1) is 0 Å². The van der Waals surface area contributed by atoms with Crippen molar-refractivity contribution in [2.75, 3.05) is 0 Å². The van der Waals surface area contributed by atoms with E-state index in [1.165, 1.54) is 0 Å². The second-order valence-corrected chi connectivity index (χ2v) is 0.793. The molecule has 0 N–H and O–H groups in total. The minimum absolute atomic E-state index is 0. The van der Waals surface area contributed by atoms with E-state index >= 15 is 0 Å². The van der Waals surface area contributed by atoms with Crippen LogP contribution in [-0.2, 0) is 0 Å². The van der Waals surface area contributed by atoms with E-state index in [0.717, 1.165) is 0 Å². The topological polar surface area (TPSA) is 13.1 Å². The normalized spacial score (nSPS) is 6.67. The van der Waals surface area contributed by atoms with Gasteiger partial charge in [0, 0.05) is 0 Å². The van der Waals surface area contributed by atoms with Crippen molar-refractivity contribution in [2.24, 2.45) is 0 Å². The fourth-order valence-electron chi connectivity index (χ4n) is 0.227. The molecule has 1 nitrogen and oxygen atoms in total. The molecule has 0 aliphatic rings. The average molecular weight is 93.1 g/mol. The van der Waals surface area contributed by atoms with E-state index in [1.807, 2.05) is 12.1 Å². The van der Waals surface area contributed by atoms with Crippen molar-refractivity contribution in [3.63, 3.8) is 0 Å². The molecule has 1 heterocycles. The predicted molar refractivity (Wildman–Crippen MR) is 20.9 cm³/mol. The third kappa shape index (κ3) is 1.65. The van der Waals surface area contributed by atoms with E-state index in [0.29, 0.717) is 0 Å².